The second-order valence-corrected chi connectivity index (χ2v) is 6.42. The van der Waals surface area contributed by atoms with Crippen LogP contribution in [0.25, 0.3) is 0 Å². The van der Waals surface area contributed by atoms with Crippen molar-refractivity contribution < 1.29 is 22.3 Å². The van der Waals surface area contributed by atoms with Gasteiger partial charge in [0.2, 0.25) is 0 Å². The first-order valence-electron chi connectivity index (χ1n) is 7.02. The van der Waals surface area contributed by atoms with Crippen LogP contribution >= 0.6 is 11.6 Å². The minimum Gasteiger partial charge on any atom is -0.750 e. The van der Waals surface area contributed by atoms with Crippen LogP contribution in [0.2, 0.25) is 5.02 Å². The van der Waals surface area contributed by atoms with Crippen LogP contribution in [0.1, 0.15) is 59.0 Å². The summed E-state index contributed by atoms with van der Waals surface area (Å²) < 4.78 is 31.5. The summed E-state index contributed by atoms with van der Waals surface area (Å²) in [6.07, 6.45) is 2.50. The van der Waals surface area contributed by atoms with Crippen LogP contribution in [0.3, 0.4) is 0 Å². The van der Waals surface area contributed by atoms with Crippen molar-refractivity contribution in [3.63, 3.8) is 0 Å². The molecular weight excluding hydrogens is 342 g/mol. The molecule has 0 saturated heterocycles. The summed E-state index contributed by atoms with van der Waals surface area (Å²) in [7, 11) is 0. The van der Waals surface area contributed by atoms with Crippen molar-refractivity contribution in [2.24, 2.45) is 0 Å². The number of rotatable bonds is 6. The highest BCUT2D eigenvalue weighted by Crippen LogP contribution is 2.42. The Bertz CT molecular complexity index is 771. The lowest BCUT2D eigenvalue weighted by atomic mass is 9.95. The lowest BCUT2D eigenvalue weighted by Crippen LogP contribution is -2.11. The Morgan fingerprint density at radius 1 is 1.48 bits per heavy atom. The molecule has 23 heavy (non-hydrogen) atoms. The minimum atomic E-state index is -2.70. The van der Waals surface area contributed by atoms with Gasteiger partial charge < -0.3 is 9.08 Å². The van der Waals surface area contributed by atoms with Crippen LogP contribution in [0.5, 0.6) is 0 Å². The SMILES string of the molecule is CC(OS(=O)[O-])c1cc(Cl)ccc1C(=O)c1cnoc1C1CC1. The second-order valence-electron chi connectivity index (χ2n) is 5.38. The molecule has 1 aliphatic carbocycles. The number of carbonyl (C=O) groups excluding carboxylic acids is 1. The Morgan fingerprint density at radius 2 is 2.22 bits per heavy atom. The van der Waals surface area contributed by atoms with Gasteiger partial charge in [-0.25, -0.2) is 4.21 Å². The second kappa shape index (κ2) is 6.52. The first-order valence-corrected chi connectivity index (χ1v) is 8.40. The Hall–Kier alpha value is -1.54. The summed E-state index contributed by atoms with van der Waals surface area (Å²) in [5.74, 6) is 0.527. The highest BCUT2D eigenvalue weighted by atomic mass is 35.5. The molecular formula is C15H13ClNO5S-. The Labute approximate surface area is 140 Å². The third-order valence-corrected chi connectivity index (χ3v) is 4.39. The van der Waals surface area contributed by atoms with Crippen molar-refractivity contribution in [2.75, 3.05) is 0 Å². The average Bonchev–Trinajstić information content (AvgIpc) is 3.23. The largest absolute Gasteiger partial charge is 0.750 e. The molecule has 0 N–H and O–H groups in total. The third kappa shape index (κ3) is 3.53. The molecule has 2 unspecified atom stereocenters. The Morgan fingerprint density at radius 3 is 2.87 bits per heavy atom. The third-order valence-electron chi connectivity index (χ3n) is 3.71. The molecule has 1 aliphatic rings. The summed E-state index contributed by atoms with van der Waals surface area (Å²) in [6, 6.07) is 4.65. The lowest BCUT2D eigenvalue weighted by Gasteiger charge is -2.17. The standard InChI is InChI=1S/C15H14ClNO5S/c1-8(22-23(19)20)12-6-10(16)4-5-11(12)14(18)13-7-17-21-15(13)9-2-3-9/h4-9H,2-3H2,1H3,(H,19,20)/p-1. The number of halogens is 1. The van der Waals surface area contributed by atoms with Crippen LogP contribution in [0.4, 0.5) is 0 Å². The summed E-state index contributed by atoms with van der Waals surface area (Å²) >= 11 is 3.27. The number of ketones is 1. The van der Waals surface area contributed by atoms with Gasteiger partial charge in [-0.05, 0) is 43.5 Å². The number of nitrogens with zero attached hydrogens (tertiary/aromatic N) is 1. The monoisotopic (exact) mass is 354 g/mol. The van der Waals surface area contributed by atoms with Crippen LogP contribution in [0.15, 0.2) is 28.9 Å². The van der Waals surface area contributed by atoms with E-state index in [4.69, 9.17) is 20.3 Å². The van der Waals surface area contributed by atoms with Gasteiger partial charge in [0.1, 0.15) is 0 Å². The molecule has 1 fully saturated rings. The predicted octanol–water partition coefficient (Wildman–Crippen LogP) is 3.31. The highest BCUT2D eigenvalue weighted by molar-refractivity contribution is 7.74. The fourth-order valence-corrected chi connectivity index (χ4v) is 2.97. The van der Waals surface area contributed by atoms with E-state index in [1.54, 1.807) is 12.1 Å². The van der Waals surface area contributed by atoms with Crippen LogP contribution < -0.4 is 0 Å². The van der Waals surface area contributed by atoms with Gasteiger partial charge >= 0.3 is 0 Å². The molecule has 1 heterocycles. The maximum Gasteiger partial charge on any atom is 0.198 e. The zero-order chi connectivity index (χ0) is 16.6. The maximum absolute atomic E-state index is 12.8. The Balaban J connectivity index is 1.99. The summed E-state index contributed by atoms with van der Waals surface area (Å²) in [5, 5.41) is 4.10. The molecule has 2 aromatic rings. The van der Waals surface area contributed by atoms with Gasteiger partial charge in [0.25, 0.3) is 0 Å². The van der Waals surface area contributed by atoms with Gasteiger partial charge in [-0.3, -0.25) is 8.98 Å². The molecule has 122 valence electrons. The number of benzene rings is 1. The molecule has 8 heteroatoms. The van der Waals surface area contributed by atoms with E-state index in [1.807, 2.05) is 0 Å². The summed E-state index contributed by atoms with van der Waals surface area (Å²) in [4.78, 5) is 12.8. The molecule has 1 saturated carbocycles. The molecule has 0 amide bonds. The first-order chi connectivity index (χ1) is 11.0. The van der Waals surface area contributed by atoms with E-state index in [0.29, 0.717) is 27.5 Å². The average molecular weight is 355 g/mol. The molecule has 1 aromatic heterocycles. The van der Waals surface area contributed by atoms with Crippen molar-refractivity contribution in [2.45, 2.75) is 31.8 Å². The van der Waals surface area contributed by atoms with Gasteiger partial charge in [-0.15, -0.1) is 0 Å². The summed E-state index contributed by atoms with van der Waals surface area (Å²) in [6.45, 7) is 1.54. The zero-order valence-electron chi connectivity index (χ0n) is 12.2. The maximum atomic E-state index is 12.8. The van der Waals surface area contributed by atoms with E-state index in [0.717, 1.165) is 12.8 Å². The fraction of sp³-hybridized carbons (Fsp3) is 0.333. The highest BCUT2D eigenvalue weighted by Gasteiger charge is 2.33. The van der Waals surface area contributed by atoms with Crippen LogP contribution in [-0.4, -0.2) is 19.7 Å². The number of carbonyl (C=O) groups is 1. The Kier molecular flexibility index (Phi) is 4.63. The molecule has 0 bridgehead atoms. The van der Waals surface area contributed by atoms with Crippen LogP contribution in [-0.2, 0) is 15.5 Å². The van der Waals surface area contributed by atoms with Crippen molar-refractivity contribution in [3.8, 4) is 0 Å². The van der Waals surface area contributed by atoms with E-state index in [-0.39, 0.29) is 11.7 Å². The summed E-state index contributed by atoms with van der Waals surface area (Å²) in [5.41, 5.74) is 1.11. The smallest absolute Gasteiger partial charge is 0.198 e. The lowest BCUT2D eigenvalue weighted by molar-refractivity contribution is 0.103. The van der Waals surface area contributed by atoms with Gasteiger partial charge in [0.15, 0.2) is 11.5 Å². The quantitative estimate of drug-likeness (QED) is 0.583. The minimum absolute atomic E-state index is 0.231. The van der Waals surface area contributed by atoms with E-state index in [9.17, 15) is 13.6 Å². The molecule has 0 aliphatic heterocycles. The van der Waals surface area contributed by atoms with Crippen molar-refractivity contribution in [1.82, 2.24) is 5.16 Å². The van der Waals surface area contributed by atoms with Gasteiger partial charge in [0, 0.05) is 16.5 Å². The van der Waals surface area contributed by atoms with E-state index in [2.05, 4.69) is 5.16 Å². The normalized spacial score (nSPS) is 17.0. The van der Waals surface area contributed by atoms with Gasteiger partial charge in [-0.2, -0.15) is 0 Å². The first kappa shape index (κ1) is 16.3. The van der Waals surface area contributed by atoms with Crippen LogP contribution in [0, 0.1) is 0 Å². The zero-order valence-corrected chi connectivity index (χ0v) is 13.7. The molecule has 0 radical (unpaired) electrons. The molecule has 1 aromatic carbocycles. The molecule has 3 rings (SSSR count). The molecule has 0 spiro atoms. The van der Waals surface area contributed by atoms with Gasteiger partial charge in [-0.1, -0.05) is 16.8 Å². The predicted molar refractivity (Wildman–Crippen MR) is 81.8 cm³/mol. The number of hydrogen-bond acceptors (Lipinski definition) is 6. The molecule has 6 nitrogen and oxygen atoms in total. The van der Waals surface area contributed by atoms with E-state index in [1.165, 1.54) is 19.2 Å². The van der Waals surface area contributed by atoms with E-state index >= 15 is 0 Å². The van der Waals surface area contributed by atoms with E-state index < -0.39 is 17.5 Å². The number of hydrogen-bond donors (Lipinski definition) is 0. The fourth-order valence-electron chi connectivity index (χ4n) is 2.45. The van der Waals surface area contributed by atoms with Crippen molar-refractivity contribution >= 4 is 28.7 Å². The number of aromatic nitrogens is 1. The van der Waals surface area contributed by atoms with Gasteiger partial charge in [0.05, 0.1) is 29.2 Å². The topological polar surface area (TPSA) is 92.5 Å². The van der Waals surface area contributed by atoms with Crippen molar-refractivity contribution in [3.05, 3.63) is 51.9 Å². The molecule has 2 atom stereocenters. The van der Waals surface area contributed by atoms with Crippen molar-refractivity contribution in [1.29, 1.82) is 0 Å².